The lowest BCUT2D eigenvalue weighted by Gasteiger charge is -2.04. The van der Waals surface area contributed by atoms with Crippen LogP contribution in [0.25, 0.3) is 11.3 Å². The Balaban J connectivity index is 1.78. The Hall–Kier alpha value is -4.41. The number of nitrogens with one attached hydrogen (secondary N) is 2. The zero-order chi connectivity index (χ0) is 21.7. The van der Waals surface area contributed by atoms with Crippen molar-refractivity contribution in [1.29, 1.82) is 0 Å². The van der Waals surface area contributed by atoms with Gasteiger partial charge in [-0.1, -0.05) is 0 Å². The fourth-order valence-corrected chi connectivity index (χ4v) is 2.50. The van der Waals surface area contributed by atoms with Crippen LogP contribution in [0.4, 0.5) is 10.1 Å². The van der Waals surface area contributed by atoms with Crippen LogP contribution in [0.1, 0.15) is 16.1 Å². The first-order valence-corrected chi connectivity index (χ1v) is 8.40. The van der Waals surface area contributed by atoms with E-state index in [4.69, 9.17) is 4.74 Å². The molecule has 0 aliphatic rings. The molecule has 3 rings (SSSR count). The minimum absolute atomic E-state index is 0.0869. The van der Waals surface area contributed by atoms with E-state index in [0.29, 0.717) is 11.1 Å². The Bertz CT molecular complexity index is 1190. The van der Waals surface area contributed by atoms with Crippen LogP contribution in [-0.4, -0.2) is 34.1 Å². The summed E-state index contributed by atoms with van der Waals surface area (Å²) in [7, 11) is 1.31. The highest BCUT2D eigenvalue weighted by Gasteiger charge is 2.15. The SMILES string of the molecule is COc1ccc(/C=N/NC(=O)c2cc(-c3ccc(F)cc3)nc(=O)[nH]2)cc1[N+](=O)[O-]. The first-order chi connectivity index (χ1) is 14.4. The van der Waals surface area contributed by atoms with E-state index in [1.54, 1.807) is 0 Å². The van der Waals surface area contributed by atoms with Gasteiger partial charge in [0.1, 0.15) is 11.5 Å². The molecule has 1 amide bonds. The van der Waals surface area contributed by atoms with Crippen molar-refractivity contribution < 1.29 is 18.8 Å². The van der Waals surface area contributed by atoms with E-state index in [-0.39, 0.29) is 22.8 Å². The fraction of sp³-hybridized carbons (Fsp3) is 0.0526. The number of carbonyl (C=O) groups excluding carboxylic acids is 1. The molecule has 1 aromatic heterocycles. The number of benzene rings is 2. The second kappa shape index (κ2) is 8.73. The molecule has 1 heterocycles. The van der Waals surface area contributed by atoms with Gasteiger partial charge in [0, 0.05) is 17.2 Å². The van der Waals surface area contributed by atoms with Crippen molar-refractivity contribution in [2.45, 2.75) is 0 Å². The summed E-state index contributed by atoms with van der Waals surface area (Å²) in [6.07, 6.45) is 1.20. The topological polar surface area (TPSA) is 140 Å². The standard InChI is InChI=1S/C19H14FN5O5/c1-30-17-7-2-11(8-16(17)25(28)29)10-21-24-18(26)15-9-14(22-19(27)23-15)12-3-5-13(20)6-4-12/h2-10H,1H3,(H,24,26)(H,22,23,27)/b21-10+. The number of hydrazone groups is 1. The van der Waals surface area contributed by atoms with Gasteiger partial charge in [0.2, 0.25) is 0 Å². The summed E-state index contributed by atoms with van der Waals surface area (Å²) in [5, 5.41) is 14.8. The number of ether oxygens (including phenoxy) is 1. The van der Waals surface area contributed by atoms with Gasteiger partial charge in [-0.2, -0.15) is 10.1 Å². The van der Waals surface area contributed by atoms with Gasteiger partial charge < -0.3 is 9.72 Å². The summed E-state index contributed by atoms with van der Waals surface area (Å²) in [4.78, 5) is 40.6. The minimum Gasteiger partial charge on any atom is -0.490 e. The highest BCUT2D eigenvalue weighted by atomic mass is 19.1. The molecule has 3 aromatic rings. The van der Waals surface area contributed by atoms with Gasteiger partial charge in [-0.25, -0.2) is 14.6 Å². The third-order valence-corrected chi connectivity index (χ3v) is 3.91. The summed E-state index contributed by atoms with van der Waals surface area (Å²) < 4.78 is 18.0. The molecule has 30 heavy (non-hydrogen) atoms. The third-order valence-electron chi connectivity index (χ3n) is 3.91. The van der Waals surface area contributed by atoms with E-state index in [1.807, 2.05) is 0 Å². The smallest absolute Gasteiger partial charge is 0.346 e. The number of hydrogen-bond acceptors (Lipinski definition) is 7. The Morgan fingerprint density at radius 3 is 2.67 bits per heavy atom. The molecule has 2 N–H and O–H groups in total. The van der Waals surface area contributed by atoms with Crippen molar-refractivity contribution in [1.82, 2.24) is 15.4 Å². The average molecular weight is 411 g/mol. The molecule has 0 bridgehead atoms. The molecule has 0 saturated carbocycles. The van der Waals surface area contributed by atoms with Gasteiger partial charge in [0.25, 0.3) is 5.91 Å². The second-order valence-electron chi connectivity index (χ2n) is 5.88. The maximum absolute atomic E-state index is 13.1. The van der Waals surface area contributed by atoms with E-state index in [1.165, 1.54) is 61.9 Å². The number of aromatic amines is 1. The molecular weight excluding hydrogens is 397 g/mol. The van der Waals surface area contributed by atoms with E-state index in [9.17, 15) is 24.1 Å². The number of rotatable bonds is 6. The van der Waals surface area contributed by atoms with Gasteiger partial charge in [-0.15, -0.1) is 0 Å². The number of nitro groups is 1. The van der Waals surface area contributed by atoms with Crippen LogP contribution in [-0.2, 0) is 0 Å². The third kappa shape index (κ3) is 4.70. The number of nitrogens with zero attached hydrogens (tertiary/aromatic N) is 3. The van der Waals surface area contributed by atoms with Crippen molar-refractivity contribution in [2.24, 2.45) is 5.10 Å². The predicted molar refractivity (Wildman–Crippen MR) is 105 cm³/mol. The van der Waals surface area contributed by atoms with Crippen LogP contribution in [0.15, 0.2) is 58.4 Å². The normalized spacial score (nSPS) is 10.7. The quantitative estimate of drug-likeness (QED) is 0.362. The molecule has 0 atom stereocenters. The van der Waals surface area contributed by atoms with E-state index in [2.05, 4.69) is 20.5 Å². The number of aromatic nitrogens is 2. The number of carbonyl (C=O) groups is 1. The molecule has 0 saturated heterocycles. The summed E-state index contributed by atoms with van der Waals surface area (Å²) in [6, 6.07) is 10.7. The molecule has 0 radical (unpaired) electrons. The molecule has 0 aliphatic carbocycles. The summed E-state index contributed by atoms with van der Waals surface area (Å²) in [6.45, 7) is 0. The van der Waals surface area contributed by atoms with Crippen molar-refractivity contribution in [3.05, 3.63) is 86.2 Å². The molecule has 0 spiro atoms. The Morgan fingerprint density at radius 2 is 2.00 bits per heavy atom. The molecular formula is C19H14FN5O5. The first-order valence-electron chi connectivity index (χ1n) is 8.40. The molecule has 10 nitrogen and oxygen atoms in total. The van der Waals surface area contributed by atoms with Gasteiger partial charge >= 0.3 is 11.4 Å². The van der Waals surface area contributed by atoms with Crippen molar-refractivity contribution in [3.8, 4) is 17.0 Å². The van der Waals surface area contributed by atoms with Gasteiger partial charge in [-0.3, -0.25) is 14.9 Å². The summed E-state index contributed by atoms with van der Waals surface area (Å²) in [5.41, 5.74) is 2.05. The summed E-state index contributed by atoms with van der Waals surface area (Å²) >= 11 is 0. The van der Waals surface area contributed by atoms with Crippen molar-refractivity contribution in [2.75, 3.05) is 7.11 Å². The molecule has 0 aliphatic heterocycles. The Labute approximate surface area is 168 Å². The lowest BCUT2D eigenvalue weighted by atomic mass is 10.1. The lowest BCUT2D eigenvalue weighted by molar-refractivity contribution is -0.385. The number of hydrogen-bond donors (Lipinski definition) is 2. The van der Waals surface area contributed by atoms with Crippen molar-refractivity contribution >= 4 is 17.8 Å². The zero-order valence-corrected chi connectivity index (χ0v) is 15.5. The van der Waals surface area contributed by atoms with Crippen molar-refractivity contribution in [3.63, 3.8) is 0 Å². The molecule has 152 valence electrons. The van der Waals surface area contributed by atoms with Crippen LogP contribution in [0.2, 0.25) is 0 Å². The van der Waals surface area contributed by atoms with Gasteiger partial charge in [0.05, 0.1) is 23.9 Å². The molecule has 0 unspecified atom stereocenters. The maximum atomic E-state index is 13.1. The number of amides is 1. The van der Waals surface area contributed by atoms with E-state index < -0.39 is 22.3 Å². The van der Waals surface area contributed by atoms with E-state index in [0.717, 1.165) is 0 Å². The predicted octanol–water partition coefficient (Wildman–Crippen LogP) is 2.26. The molecule has 11 heteroatoms. The Morgan fingerprint density at radius 1 is 1.27 bits per heavy atom. The van der Waals surface area contributed by atoms with Crippen LogP contribution in [0, 0.1) is 15.9 Å². The van der Waals surface area contributed by atoms with Gasteiger partial charge in [-0.05, 0) is 42.5 Å². The lowest BCUT2D eigenvalue weighted by Crippen LogP contribution is -2.24. The minimum atomic E-state index is -0.767. The van der Waals surface area contributed by atoms with Crippen LogP contribution < -0.4 is 15.9 Å². The number of methoxy groups -OCH3 is 1. The number of halogens is 1. The monoisotopic (exact) mass is 411 g/mol. The molecule has 0 fully saturated rings. The highest BCUT2D eigenvalue weighted by molar-refractivity contribution is 5.94. The first kappa shape index (κ1) is 20.3. The summed E-state index contributed by atoms with van der Waals surface area (Å²) in [5.74, 6) is -1.10. The van der Waals surface area contributed by atoms with Crippen LogP contribution in [0.3, 0.4) is 0 Å². The van der Waals surface area contributed by atoms with Crippen LogP contribution in [0.5, 0.6) is 5.75 Å². The number of H-pyrrole nitrogens is 1. The zero-order valence-electron chi connectivity index (χ0n) is 15.5. The average Bonchev–Trinajstić information content (AvgIpc) is 2.73. The highest BCUT2D eigenvalue weighted by Crippen LogP contribution is 2.26. The largest absolute Gasteiger partial charge is 0.490 e. The van der Waals surface area contributed by atoms with Crippen LogP contribution >= 0.6 is 0 Å². The second-order valence-corrected chi connectivity index (χ2v) is 5.88. The molecule has 2 aromatic carbocycles. The fourth-order valence-electron chi connectivity index (χ4n) is 2.50. The van der Waals surface area contributed by atoms with E-state index >= 15 is 0 Å². The number of nitro benzene ring substituents is 1. The van der Waals surface area contributed by atoms with Gasteiger partial charge in [0.15, 0.2) is 5.75 Å². The Kier molecular flexibility index (Phi) is 5.92. The maximum Gasteiger partial charge on any atom is 0.346 e.